The number of rotatable bonds is 4. The highest BCUT2D eigenvalue weighted by molar-refractivity contribution is 5.93. The van der Waals surface area contributed by atoms with Crippen LogP contribution in [0.4, 0.5) is 4.39 Å². The van der Waals surface area contributed by atoms with Gasteiger partial charge >= 0.3 is 0 Å². The number of halogens is 1. The molecule has 2 aromatic carbocycles. The van der Waals surface area contributed by atoms with Gasteiger partial charge in [-0.25, -0.2) is 9.37 Å². The molecule has 172 valence electrons. The minimum atomic E-state index is -1.19. The van der Waals surface area contributed by atoms with Crippen molar-refractivity contribution in [2.75, 3.05) is 0 Å². The average Bonchev–Trinajstić information content (AvgIpc) is 3.21. The summed E-state index contributed by atoms with van der Waals surface area (Å²) in [6, 6.07) is 15.4. The molecule has 0 fully saturated rings. The monoisotopic (exact) mass is 457 g/mol. The van der Waals surface area contributed by atoms with Gasteiger partial charge in [-0.05, 0) is 68.6 Å². The van der Waals surface area contributed by atoms with Crippen LogP contribution in [0.5, 0.6) is 5.75 Å². The van der Waals surface area contributed by atoms with Crippen molar-refractivity contribution < 1.29 is 19.4 Å². The number of benzene rings is 2. The number of hydrogen-bond donors (Lipinski definition) is 4. The van der Waals surface area contributed by atoms with E-state index >= 15 is 0 Å². The molecule has 0 aliphatic rings. The summed E-state index contributed by atoms with van der Waals surface area (Å²) in [6.45, 7) is 4.87. The second-order valence-electron chi connectivity index (χ2n) is 8.61. The number of phenols is 1. The first-order valence-electron chi connectivity index (χ1n) is 10.7. The molecule has 0 radical (unpaired) electrons. The number of phenolic OH excluding ortho intramolecular Hbond substituents is 1. The minimum absolute atomic E-state index is 0.108. The number of hydrogen-bond acceptors (Lipinski definition) is 4. The zero-order valence-electron chi connectivity index (χ0n) is 19.0. The van der Waals surface area contributed by atoms with E-state index < -0.39 is 23.4 Å². The molecule has 4 N–H and O–H groups in total. The molecule has 6 nitrogen and oxygen atoms in total. The predicted octanol–water partition coefficient (Wildman–Crippen LogP) is 4.36. The Labute approximate surface area is 196 Å². The summed E-state index contributed by atoms with van der Waals surface area (Å²) in [5, 5.41) is 24.1. The fourth-order valence-corrected chi connectivity index (χ4v) is 3.62. The lowest BCUT2D eigenvalue weighted by molar-refractivity contribution is 0.0936. The first kappa shape index (κ1) is 23.0. The maximum Gasteiger partial charge on any atom is 0.270 e. The molecule has 0 aliphatic carbocycles. The van der Waals surface area contributed by atoms with Crippen LogP contribution in [-0.4, -0.2) is 31.7 Å². The summed E-state index contributed by atoms with van der Waals surface area (Å²) in [6.07, 6.45) is 0. The molecule has 4 rings (SSSR count). The lowest BCUT2D eigenvalue weighted by atomic mass is 10.0. The van der Waals surface area contributed by atoms with E-state index in [0.717, 1.165) is 17.0 Å². The third kappa shape index (κ3) is 5.25. The van der Waals surface area contributed by atoms with E-state index in [-0.39, 0.29) is 17.0 Å². The zero-order valence-corrected chi connectivity index (χ0v) is 19.0. The van der Waals surface area contributed by atoms with Crippen LogP contribution in [-0.2, 0) is 0 Å². The van der Waals surface area contributed by atoms with Crippen LogP contribution in [0.1, 0.15) is 52.9 Å². The number of carbonyl (C=O) groups excluding carboxylic acids is 1. The summed E-state index contributed by atoms with van der Waals surface area (Å²) < 4.78 is 14.1. The number of aromatic hydroxyl groups is 1. The molecule has 1 atom stereocenters. The Bertz CT molecular complexity index is 1410. The highest BCUT2D eigenvalue weighted by atomic mass is 19.1. The Morgan fingerprint density at radius 2 is 1.91 bits per heavy atom. The fraction of sp³-hybridized carbons (Fsp3) is 0.185. The van der Waals surface area contributed by atoms with Crippen molar-refractivity contribution in [2.45, 2.75) is 32.4 Å². The van der Waals surface area contributed by atoms with Crippen LogP contribution in [0.25, 0.3) is 10.9 Å². The normalized spacial score (nSPS) is 12.1. The minimum Gasteiger partial charge on any atom is -0.508 e. The molecule has 0 spiro atoms. The molecule has 0 bridgehead atoms. The Hall–Kier alpha value is -4.15. The highest BCUT2D eigenvalue weighted by Gasteiger charge is 2.24. The van der Waals surface area contributed by atoms with Crippen molar-refractivity contribution >= 4 is 16.8 Å². The Morgan fingerprint density at radius 3 is 2.65 bits per heavy atom. The van der Waals surface area contributed by atoms with Gasteiger partial charge < -0.3 is 20.5 Å². The fourth-order valence-electron chi connectivity index (χ4n) is 3.62. The summed E-state index contributed by atoms with van der Waals surface area (Å²) in [4.78, 5) is 20.8. The lowest BCUT2D eigenvalue weighted by Crippen LogP contribution is -2.30. The number of aliphatic hydroxyl groups is 1. The molecular weight excluding hydrogens is 433 g/mol. The number of para-hydroxylation sites is 1. The molecule has 34 heavy (non-hydrogen) atoms. The summed E-state index contributed by atoms with van der Waals surface area (Å²) in [5.41, 5.74) is 1.64. The molecule has 0 saturated heterocycles. The Morgan fingerprint density at radius 1 is 1.15 bits per heavy atom. The maximum absolute atomic E-state index is 14.1. The highest BCUT2D eigenvalue weighted by Crippen LogP contribution is 2.31. The van der Waals surface area contributed by atoms with Crippen LogP contribution in [0.2, 0.25) is 0 Å². The average molecular weight is 458 g/mol. The van der Waals surface area contributed by atoms with Gasteiger partial charge in [0, 0.05) is 28.0 Å². The molecule has 1 amide bonds. The lowest BCUT2D eigenvalue weighted by Gasteiger charge is -2.19. The molecule has 2 aromatic heterocycles. The van der Waals surface area contributed by atoms with Gasteiger partial charge in [0.25, 0.3) is 5.91 Å². The van der Waals surface area contributed by atoms with Gasteiger partial charge in [0.2, 0.25) is 0 Å². The van der Waals surface area contributed by atoms with Crippen molar-refractivity contribution in [1.29, 1.82) is 0 Å². The molecule has 0 aliphatic heterocycles. The molecule has 4 aromatic rings. The summed E-state index contributed by atoms with van der Waals surface area (Å²) in [5.74, 6) is 4.36. The van der Waals surface area contributed by atoms with Crippen molar-refractivity contribution in [1.82, 2.24) is 15.3 Å². The van der Waals surface area contributed by atoms with Gasteiger partial charge in [0.1, 0.15) is 22.9 Å². The second kappa shape index (κ2) is 9.00. The van der Waals surface area contributed by atoms with E-state index in [1.807, 2.05) is 30.3 Å². The Kier molecular flexibility index (Phi) is 6.10. The van der Waals surface area contributed by atoms with Crippen LogP contribution in [0, 0.1) is 24.6 Å². The number of H-pyrrole nitrogens is 1. The Balaban J connectivity index is 1.75. The number of pyridine rings is 1. The predicted molar refractivity (Wildman–Crippen MR) is 128 cm³/mol. The van der Waals surface area contributed by atoms with Crippen molar-refractivity contribution in [3.8, 4) is 17.6 Å². The van der Waals surface area contributed by atoms with Gasteiger partial charge in [-0.15, -0.1) is 0 Å². The number of fused-ring (bicyclic) bond motifs is 1. The van der Waals surface area contributed by atoms with Crippen molar-refractivity contribution in [2.24, 2.45) is 0 Å². The van der Waals surface area contributed by atoms with Crippen LogP contribution >= 0.6 is 0 Å². The third-order valence-corrected chi connectivity index (χ3v) is 5.14. The van der Waals surface area contributed by atoms with E-state index in [4.69, 9.17) is 0 Å². The van der Waals surface area contributed by atoms with Gasteiger partial charge in [-0.3, -0.25) is 4.79 Å². The number of carbonyl (C=O) groups is 1. The number of aromatic nitrogens is 2. The van der Waals surface area contributed by atoms with Crippen LogP contribution in [0.15, 0.2) is 60.7 Å². The molecular formula is C27H24FN3O3. The largest absolute Gasteiger partial charge is 0.508 e. The van der Waals surface area contributed by atoms with Gasteiger partial charge in [-0.2, -0.15) is 0 Å². The van der Waals surface area contributed by atoms with E-state index in [1.165, 1.54) is 18.2 Å². The molecule has 7 heteroatoms. The van der Waals surface area contributed by atoms with Crippen molar-refractivity contribution in [3.05, 3.63) is 94.7 Å². The van der Waals surface area contributed by atoms with Crippen LogP contribution < -0.4 is 5.32 Å². The van der Waals surface area contributed by atoms with Crippen molar-refractivity contribution in [3.63, 3.8) is 0 Å². The number of aromatic amines is 1. The number of nitrogens with one attached hydrogen (secondary N) is 2. The zero-order chi connectivity index (χ0) is 24.5. The molecule has 2 heterocycles. The van der Waals surface area contributed by atoms with Gasteiger partial charge in [0.15, 0.2) is 0 Å². The second-order valence-corrected chi connectivity index (χ2v) is 8.61. The van der Waals surface area contributed by atoms with E-state index in [1.54, 1.807) is 26.8 Å². The maximum atomic E-state index is 14.1. The first-order chi connectivity index (χ1) is 16.1. The third-order valence-electron chi connectivity index (χ3n) is 5.14. The smallest absolute Gasteiger partial charge is 0.270 e. The first-order valence-corrected chi connectivity index (χ1v) is 10.7. The SMILES string of the molecule is Cc1cc(C#CC(C)(C)O)cc(C(=O)NC(c2cc3ccccc3[nH]2)c2cc(F)ccc2O)n1. The number of amides is 1. The van der Waals surface area contributed by atoms with E-state index in [9.17, 15) is 19.4 Å². The summed E-state index contributed by atoms with van der Waals surface area (Å²) >= 11 is 0. The number of nitrogens with zero attached hydrogens (tertiary/aromatic N) is 1. The van der Waals surface area contributed by atoms with Gasteiger partial charge in [0.05, 0.1) is 6.04 Å². The standard InChI is InChI=1S/C27H24FN3O3/c1-16-12-17(10-11-27(2,3)34)13-23(29-16)26(33)31-25(20-15-19(28)8-9-24(20)32)22-14-18-6-4-5-7-21(18)30-22/h4-9,12-15,25,30,32,34H,1-3H3,(H,31,33). The topological polar surface area (TPSA) is 98.2 Å². The molecule has 0 saturated carbocycles. The quantitative estimate of drug-likeness (QED) is 0.342. The molecule has 1 unspecified atom stereocenters. The van der Waals surface area contributed by atoms with Gasteiger partial charge in [-0.1, -0.05) is 30.0 Å². The van der Waals surface area contributed by atoms with E-state index in [2.05, 4.69) is 27.1 Å². The van der Waals surface area contributed by atoms with E-state index in [0.29, 0.717) is 17.0 Å². The summed E-state index contributed by atoms with van der Waals surface area (Å²) in [7, 11) is 0. The van der Waals surface area contributed by atoms with Crippen LogP contribution in [0.3, 0.4) is 0 Å². The number of aryl methyl sites for hydroxylation is 1.